The molecule has 13 nitrogen and oxygen atoms in total. The molecule has 1 fully saturated rings. The molecule has 1 heterocycles. The maximum atomic E-state index is 15.2. The van der Waals surface area contributed by atoms with Gasteiger partial charge in [-0.3, -0.25) is 23.2 Å². The number of hydrogen-bond acceptors (Lipinski definition) is 10. The van der Waals surface area contributed by atoms with Crippen LogP contribution in [0.3, 0.4) is 0 Å². The fourth-order valence-corrected chi connectivity index (χ4v) is 7.51. The topological polar surface area (TPSA) is 175 Å². The summed E-state index contributed by atoms with van der Waals surface area (Å²) < 4.78 is 38.4. The van der Waals surface area contributed by atoms with Gasteiger partial charge in [-0.25, -0.2) is 14.4 Å². The molecule has 1 saturated heterocycles. The van der Waals surface area contributed by atoms with E-state index in [2.05, 4.69) is 5.32 Å². The van der Waals surface area contributed by atoms with Crippen molar-refractivity contribution in [2.45, 2.75) is 83.9 Å². The summed E-state index contributed by atoms with van der Waals surface area (Å²) in [5.41, 5.74) is 0.701. The van der Waals surface area contributed by atoms with Gasteiger partial charge in [-0.1, -0.05) is 99.6 Å². The number of esters is 1. The molecule has 4 atom stereocenters. The number of alkyl carbamates (subject to hydrolysis) is 1. The van der Waals surface area contributed by atoms with Crippen molar-refractivity contribution >= 4 is 37.3 Å². The minimum absolute atomic E-state index is 0.0618. The lowest BCUT2D eigenvalue weighted by atomic mass is 9.91. The number of unbranched alkanes of at least 4 members (excludes halogenated alkanes) is 1. The number of nitrogens with one attached hydrogen (secondary N) is 1. The predicted molar refractivity (Wildman–Crippen MR) is 200 cm³/mol. The van der Waals surface area contributed by atoms with Crippen LogP contribution in [0.25, 0.3) is 0 Å². The van der Waals surface area contributed by atoms with E-state index in [9.17, 15) is 29.1 Å². The first kappa shape index (κ1) is 41.9. The largest absolute Gasteiger partial charge is 0.480 e. The second-order valence-corrected chi connectivity index (χ2v) is 16.1. The van der Waals surface area contributed by atoms with Crippen LogP contribution in [-0.2, 0) is 50.5 Å². The number of benzene rings is 3. The smallest absolute Gasteiger partial charge is 0.407 e. The normalized spacial score (nSPS) is 16.4. The van der Waals surface area contributed by atoms with Gasteiger partial charge >= 0.3 is 25.6 Å². The van der Waals surface area contributed by atoms with E-state index in [1.54, 1.807) is 69.3 Å². The number of amides is 2. The molecular weight excluding hydrogens is 715 g/mol. The number of carboxylic acids is 1. The maximum Gasteiger partial charge on any atom is 0.407 e. The van der Waals surface area contributed by atoms with E-state index in [0.717, 1.165) is 5.56 Å². The Morgan fingerprint density at radius 1 is 0.889 bits per heavy atom. The first-order chi connectivity index (χ1) is 25.8. The van der Waals surface area contributed by atoms with Crippen LogP contribution in [0.4, 0.5) is 4.79 Å². The second-order valence-electron chi connectivity index (χ2n) is 14.0. The van der Waals surface area contributed by atoms with E-state index in [0.29, 0.717) is 18.4 Å². The Morgan fingerprint density at radius 3 is 2.11 bits per heavy atom. The van der Waals surface area contributed by atoms with Crippen LogP contribution in [0.5, 0.6) is 0 Å². The highest BCUT2D eigenvalue weighted by atomic mass is 31.2. The number of nitrogens with zero attached hydrogens (tertiary/aromatic N) is 1. The summed E-state index contributed by atoms with van der Waals surface area (Å²) in [5.74, 6) is -4.77. The monoisotopic (exact) mass is 764 g/mol. The number of carboxylic acid groups (broad SMARTS) is 1. The molecule has 0 bridgehead atoms. The number of hydrogen-bond donors (Lipinski definition) is 2. The lowest BCUT2D eigenvalue weighted by molar-refractivity contribution is -0.151. The highest BCUT2D eigenvalue weighted by Gasteiger charge is 2.46. The van der Waals surface area contributed by atoms with Crippen molar-refractivity contribution in [3.8, 4) is 0 Å². The summed E-state index contributed by atoms with van der Waals surface area (Å²) in [4.78, 5) is 66.3. The number of rotatable bonds is 19. The molecule has 14 heteroatoms. The minimum Gasteiger partial charge on any atom is -0.480 e. The van der Waals surface area contributed by atoms with Crippen molar-refractivity contribution < 1.29 is 52.2 Å². The zero-order valence-corrected chi connectivity index (χ0v) is 31.8. The average Bonchev–Trinajstić information content (AvgIpc) is 3.67. The van der Waals surface area contributed by atoms with E-state index in [1.807, 2.05) is 30.3 Å². The molecule has 290 valence electrons. The van der Waals surface area contributed by atoms with Crippen LogP contribution in [0.1, 0.15) is 74.4 Å². The van der Waals surface area contributed by atoms with Crippen molar-refractivity contribution in [2.75, 3.05) is 19.7 Å². The van der Waals surface area contributed by atoms with Crippen molar-refractivity contribution in [1.82, 2.24) is 10.2 Å². The van der Waals surface area contributed by atoms with Gasteiger partial charge in [0.05, 0.1) is 5.56 Å². The third kappa shape index (κ3) is 12.6. The van der Waals surface area contributed by atoms with Crippen molar-refractivity contribution in [1.29, 1.82) is 0 Å². The van der Waals surface area contributed by atoms with Gasteiger partial charge in [-0.15, -0.1) is 0 Å². The maximum absolute atomic E-state index is 15.2. The summed E-state index contributed by atoms with van der Waals surface area (Å²) in [7, 11) is -4.74. The number of carbonyl (C=O) groups excluding carboxylic acids is 4. The molecular formula is C40H49N2O11P. The van der Waals surface area contributed by atoms with E-state index < -0.39 is 67.3 Å². The molecule has 0 radical (unpaired) electrons. The quantitative estimate of drug-likeness (QED) is 0.0747. The van der Waals surface area contributed by atoms with Crippen molar-refractivity contribution in [3.63, 3.8) is 0 Å². The summed E-state index contributed by atoms with van der Waals surface area (Å²) in [6.45, 7) is 4.72. The van der Waals surface area contributed by atoms with Gasteiger partial charge in [-0.2, -0.15) is 0 Å². The zero-order chi connectivity index (χ0) is 39.1. The van der Waals surface area contributed by atoms with Crippen LogP contribution >= 0.6 is 7.60 Å². The van der Waals surface area contributed by atoms with Crippen LogP contribution < -0.4 is 5.32 Å². The Kier molecular flexibility index (Phi) is 15.5. The van der Waals surface area contributed by atoms with Gasteiger partial charge in [0.2, 0.25) is 5.85 Å². The van der Waals surface area contributed by atoms with Gasteiger partial charge in [0, 0.05) is 24.9 Å². The Hall–Kier alpha value is -4.84. The van der Waals surface area contributed by atoms with Gasteiger partial charge in [-0.05, 0) is 55.4 Å². The molecule has 3 aromatic carbocycles. The molecule has 0 spiro atoms. The molecule has 54 heavy (non-hydrogen) atoms. The molecule has 2 unspecified atom stereocenters. The van der Waals surface area contributed by atoms with E-state index in [1.165, 1.54) is 17.0 Å². The van der Waals surface area contributed by atoms with E-state index in [-0.39, 0.29) is 50.9 Å². The first-order valence-corrected chi connectivity index (χ1v) is 19.6. The van der Waals surface area contributed by atoms with E-state index in [4.69, 9.17) is 18.5 Å². The van der Waals surface area contributed by atoms with Crippen molar-refractivity contribution in [3.05, 3.63) is 108 Å². The SMILES string of the molecule is CC(C)(C)C(=O)COP(=O)(O[C@@H](CCCCNC(=O)OCc1ccccc1)C(=O)N1CCC[C@H]1C(=O)O)C(Cc1ccccc1)OC(=O)c1ccccc1. The fraction of sp³-hybridized carbons (Fsp3) is 0.425. The summed E-state index contributed by atoms with van der Waals surface area (Å²) in [6.07, 6.45) is -1.10. The lowest BCUT2D eigenvalue weighted by Crippen LogP contribution is -2.46. The highest BCUT2D eigenvalue weighted by Crippen LogP contribution is 2.56. The molecule has 4 rings (SSSR count). The fourth-order valence-electron chi connectivity index (χ4n) is 5.64. The molecule has 1 aliphatic heterocycles. The van der Waals surface area contributed by atoms with Crippen LogP contribution in [0.15, 0.2) is 91.0 Å². The number of carbonyl (C=O) groups is 5. The average molecular weight is 765 g/mol. The van der Waals surface area contributed by atoms with Crippen molar-refractivity contribution in [2.24, 2.45) is 5.41 Å². The molecule has 2 N–H and O–H groups in total. The third-order valence-corrected chi connectivity index (χ3v) is 10.8. The van der Waals surface area contributed by atoms with Crippen LogP contribution in [-0.4, -0.2) is 77.4 Å². The number of ether oxygens (including phenoxy) is 2. The minimum atomic E-state index is -4.74. The molecule has 0 aliphatic carbocycles. The highest BCUT2D eigenvalue weighted by molar-refractivity contribution is 7.54. The summed E-state index contributed by atoms with van der Waals surface area (Å²) in [6, 6.07) is 24.8. The van der Waals surface area contributed by atoms with Gasteiger partial charge < -0.3 is 24.8 Å². The van der Waals surface area contributed by atoms with Gasteiger partial charge in [0.1, 0.15) is 25.4 Å². The second kappa shape index (κ2) is 20.0. The number of aliphatic carboxylic acids is 1. The number of likely N-dealkylation sites (tertiary alicyclic amines) is 1. The van der Waals surface area contributed by atoms with Gasteiger partial charge in [0.25, 0.3) is 5.91 Å². The molecule has 0 saturated carbocycles. The summed E-state index contributed by atoms with van der Waals surface area (Å²) in [5, 5.41) is 12.5. The Balaban J connectivity index is 1.60. The van der Waals surface area contributed by atoms with Gasteiger partial charge in [0.15, 0.2) is 5.78 Å². The summed E-state index contributed by atoms with van der Waals surface area (Å²) >= 11 is 0. The standard InChI is InChI=1S/C40H49N2O11P/c1-40(2,3)34(43)28-51-54(49,35(26-29-16-7-4-8-17-29)52-38(47)31-20-11-6-12-21-31)53-33(36(44)42-25-15-22-32(42)37(45)46)23-13-14-24-41-39(48)50-27-30-18-9-5-10-19-30/h4-12,16-21,32-33,35H,13-15,22-28H2,1-3H3,(H,41,48)(H,45,46)/t32-,33-,35?,54?/m0/s1. The first-order valence-electron chi connectivity index (χ1n) is 18.0. The third-order valence-electron chi connectivity index (χ3n) is 8.82. The predicted octanol–water partition coefficient (Wildman–Crippen LogP) is 6.79. The molecule has 1 aliphatic rings. The number of ketones is 1. The van der Waals surface area contributed by atoms with E-state index >= 15 is 4.57 Å². The molecule has 3 aromatic rings. The Morgan fingerprint density at radius 2 is 1.50 bits per heavy atom. The molecule has 0 aromatic heterocycles. The Bertz CT molecular complexity index is 1750. The lowest BCUT2D eigenvalue weighted by Gasteiger charge is -2.32. The van der Waals surface area contributed by atoms with Crippen LogP contribution in [0.2, 0.25) is 0 Å². The molecule has 2 amide bonds. The van der Waals surface area contributed by atoms with Crippen LogP contribution in [0, 0.1) is 5.41 Å². The number of Topliss-reactive ketones (excluding diaryl/α,β-unsaturated/α-hetero) is 1. The Labute approximate surface area is 315 Å². The zero-order valence-electron chi connectivity index (χ0n) is 30.9.